The maximum absolute atomic E-state index is 12.6. The fourth-order valence-corrected chi connectivity index (χ4v) is 3.13. The van der Waals surface area contributed by atoms with Crippen molar-refractivity contribution in [3.63, 3.8) is 0 Å². The summed E-state index contributed by atoms with van der Waals surface area (Å²) in [5.74, 6) is -0.444. The quantitative estimate of drug-likeness (QED) is 0.387. The Labute approximate surface area is 193 Å². The standard InChI is InChI=1S/C26H28N2O5/c1-6-21(25(30)33-26(2,3)4)28-20-13-18-12-19(24(29)31-5)15-27-23(18)22(14-20)32-16-17-10-8-7-9-11-17/h6-15,21,28H,1,16H2,2-5H3. The van der Waals surface area contributed by atoms with Crippen LogP contribution in [0.3, 0.4) is 0 Å². The number of fused-ring (bicyclic) bond motifs is 1. The van der Waals surface area contributed by atoms with Crippen LogP contribution in [0, 0.1) is 0 Å². The van der Waals surface area contributed by atoms with Crippen LogP contribution in [0.5, 0.6) is 5.75 Å². The Morgan fingerprint density at radius 3 is 2.52 bits per heavy atom. The number of nitrogens with zero attached hydrogens (tertiary/aromatic N) is 1. The number of nitrogens with one attached hydrogen (secondary N) is 1. The largest absolute Gasteiger partial charge is 0.487 e. The summed E-state index contributed by atoms with van der Waals surface area (Å²) >= 11 is 0. The molecule has 0 aliphatic rings. The molecule has 1 N–H and O–H groups in total. The Bertz CT molecular complexity index is 1150. The Morgan fingerprint density at radius 2 is 1.88 bits per heavy atom. The van der Waals surface area contributed by atoms with Crippen LogP contribution < -0.4 is 10.1 Å². The third-order valence-corrected chi connectivity index (χ3v) is 4.63. The average molecular weight is 449 g/mol. The van der Waals surface area contributed by atoms with Crippen LogP contribution in [0.1, 0.15) is 36.7 Å². The van der Waals surface area contributed by atoms with Crippen LogP contribution in [0.4, 0.5) is 5.69 Å². The first kappa shape index (κ1) is 23.8. The zero-order valence-corrected chi connectivity index (χ0v) is 19.3. The van der Waals surface area contributed by atoms with Gasteiger partial charge in [-0.1, -0.05) is 36.4 Å². The van der Waals surface area contributed by atoms with E-state index < -0.39 is 23.6 Å². The number of hydrogen-bond donors (Lipinski definition) is 1. The fraction of sp³-hybridized carbons (Fsp3) is 0.269. The Kier molecular flexibility index (Phi) is 7.33. The molecule has 0 saturated heterocycles. The number of rotatable bonds is 8. The number of carbonyl (C=O) groups is 2. The third-order valence-electron chi connectivity index (χ3n) is 4.63. The van der Waals surface area contributed by atoms with E-state index in [9.17, 15) is 9.59 Å². The summed E-state index contributed by atoms with van der Waals surface area (Å²) in [5.41, 5.74) is 1.84. The van der Waals surface area contributed by atoms with Crippen LogP contribution in [-0.4, -0.2) is 35.7 Å². The zero-order valence-electron chi connectivity index (χ0n) is 19.3. The van der Waals surface area contributed by atoms with E-state index in [1.807, 2.05) is 30.3 Å². The number of esters is 2. The van der Waals surface area contributed by atoms with Crippen molar-refractivity contribution in [1.82, 2.24) is 4.98 Å². The van der Waals surface area contributed by atoms with Crippen LogP contribution in [0.15, 0.2) is 67.4 Å². The third kappa shape index (κ3) is 6.32. The first-order valence-corrected chi connectivity index (χ1v) is 10.5. The first-order valence-electron chi connectivity index (χ1n) is 10.5. The van der Waals surface area contributed by atoms with E-state index in [0.29, 0.717) is 34.5 Å². The Balaban J connectivity index is 1.97. The Morgan fingerprint density at radius 1 is 1.15 bits per heavy atom. The minimum atomic E-state index is -0.777. The van der Waals surface area contributed by atoms with Gasteiger partial charge in [0.25, 0.3) is 0 Å². The van der Waals surface area contributed by atoms with E-state index in [1.165, 1.54) is 19.4 Å². The van der Waals surface area contributed by atoms with Gasteiger partial charge in [0.1, 0.15) is 29.5 Å². The van der Waals surface area contributed by atoms with E-state index in [1.54, 1.807) is 39.0 Å². The molecule has 1 heterocycles. The predicted octanol–water partition coefficient (Wildman–Crippen LogP) is 4.91. The lowest BCUT2D eigenvalue weighted by Gasteiger charge is -2.23. The van der Waals surface area contributed by atoms with Crippen LogP contribution in [-0.2, 0) is 20.9 Å². The van der Waals surface area contributed by atoms with Crippen molar-refractivity contribution in [2.75, 3.05) is 12.4 Å². The number of ether oxygens (including phenoxy) is 3. The number of benzene rings is 2. The van der Waals surface area contributed by atoms with Crippen LogP contribution >= 0.6 is 0 Å². The molecule has 33 heavy (non-hydrogen) atoms. The van der Waals surface area contributed by atoms with Crippen molar-refractivity contribution in [3.05, 3.63) is 78.5 Å². The normalized spacial score (nSPS) is 12.0. The van der Waals surface area contributed by atoms with Crippen molar-refractivity contribution < 1.29 is 23.8 Å². The van der Waals surface area contributed by atoms with E-state index in [2.05, 4.69) is 16.9 Å². The summed E-state index contributed by atoms with van der Waals surface area (Å²) in [6, 6.07) is 14.2. The number of pyridine rings is 1. The van der Waals surface area contributed by atoms with Gasteiger partial charge in [0.05, 0.1) is 12.7 Å². The maximum Gasteiger partial charge on any atom is 0.339 e. The molecule has 0 fully saturated rings. The van der Waals surface area contributed by atoms with E-state index in [-0.39, 0.29) is 0 Å². The van der Waals surface area contributed by atoms with Gasteiger partial charge < -0.3 is 19.5 Å². The van der Waals surface area contributed by atoms with Gasteiger partial charge in [-0.2, -0.15) is 0 Å². The summed E-state index contributed by atoms with van der Waals surface area (Å²) in [6.07, 6.45) is 2.93. The molecule has 1 atom stereocenters. The zero-order chi connectivity index (χ0) is 24.0. The molecule has 7 heteroatoms. The lowest BCUT2D eigenvalue weighted by atomic mass is 10.1. The minimum absolute atomic E-state index is 0.309. The first-order chi connectivity index (χ1) is 15.7. The lowest BCUT2D eigenvalue weighted by Crippen LogP contribution is -2.35. The molecule has 7 nitrogen and oxygen atoms in total. The molecule has 172 valence electrons. The van der Waals surface area contributed by atoms with Gasteiger partial charge in [0, 0.05) is 23.3 Å². The number of carbonyl (C=O) groups excluding carboxylic acids is 2. The summed E-state index contributed by atoms with van der Waals surface area (Å²) in [4.78, 5) is 29.0. The summed E-state index contributed by atoms with van der Waals surface area (Å²) in [7, 11) is 1.31. The molecule has 1 aromatic heterocycles. The topological polar surface area (TPSA) is 86.8 Å². The lowest BCUT2D eigenvalue weighted by molar-refractivity contribution is -0.154. The van der Waals surface area contributed by atoms with Crippen molar-refractivity contribution >= 4 is 28.5 Å². The number of aromatic nitrogens is 1. The van der Waals surface area contributed by atoms with Gasteiger partial charge in [0.2, 0.25) is 0 Å². The van der Waals surface area contributed by atoms with E-state index in [4.69, 9.17) is 14.2 Å². The number of methoxy groups -OCH3 is 1. The van der Waals surface area contributed by atoms with E-state index in [0.717, 1.165) is 5.56 Å². The molecule has 0 amide bonds. The fourth-order valence-electron chi connectivity index (χ4n) is 3.13. The van der Waals surface area contributed by atoms with E-state index >= 15 is 0 Å². The van der Waals surface area contributed by atoms with Gasteiger partial charge >= 0.3 is 11.9 Å². The molecular formula is C26H28N2O5. The van der Waals surface area contributed by atoms with Crippen LogP contribution in [0.25, 0.3) is 10.9 Å². The number of hydrogen-bond acceptors (Lipinski definition) is 7. The van der Waals surface area contributed by atoms with Gasteiger partial charge in [-0.05, 0) is 38.5 Å². The summed E-state index contributed by atoms with van der Waals surface area (Å²) < 4.78 is 16.4. The van der Waals surface area contributed by atoms with Gasteiger partial charge in [-0.25, -0.2) is 9.59 Å². The molecule has 0 aliphatic carbocycles. The molecule has 0 aliphatic heterocycles. The van der Waals surface area contributed by atoms with Gasteiger partial charge in [0.15, 0.2) is 0 Å². The molecule has 0 spiro atoms. The second-order valence-corrected chi connectivity index (χ2v) is 8.43. The summed E-state index contributed by atoms with van der Waals surface area (Å²) in [5, 5.41) is 3.78. The van der Waals surface area contributed by atoms with Crippen molar-refractivity contribution in [2.45, 2.75) is 39.0 Å². The molecule has 3 aromatic rings. The average Bonchev–Trinajstić information content (AvgIpc) is 2.79. The highest BCUT2D eigenvalue weighted by Gasteiger charge is 2.23. The minimum Gasteiger partial charge on any atom is -0.487 e. The maximum atomic E-state index is 12.6. The highest BCUT2D eigenvalue weighted by molar-refractivity contribution is 5.96. The highest BCUT2D eigenvalue weighted by atomic mass is 16.6. The van der Waals surface area contributed by atoms with Gasteiger partial charge in [-0.15, -0.1) is 6.58 Å². The molecular weight excluding hydrogens is 420 g/mol. The predicted molar refractivity (Wildman–Crippen MR) is 127 cm³/mol. The summed E-state index contributed by atoms with van der Waals surface area (Å²) in [6.45, 7) is 9.49. The van der Waals surface area contributed by atoms with Crippen molar-refractivity contribution in [2.24, 2.45) is 0 Å². The molecule has 0 bridgehead atoms. The van der Waals surface area contributed by atoms with Crippen molar-refractivity contribution in [1.29, 1.82) is 0 Å². The van der Waals surface area contributed by atoms with Crippen LogP contribution in [0.2, 0.25) is 0 Å². The smallest absolute Gasteiger partial charge is 0.339 e. The van der Waals surface area contributed by atoms with Crippen molar-refractivity contribution in [3.8, 4) is 5.75 Å². The molecule has 3 rings (SSSR count). The van der Waals surface area contributed by atoms with Gasteiger partial charge in [-0.3, -0.25) is 4.98 Å². The second kappa shape index (κ2) is 10.2. The molecule has 2 aromatic carbocycles. The Hall–Kier alpha value is -3.87. The number of anilines is 1. The highest BCUT2D eigenvalue weighted by Crippen LogP contribution is 2.31. The molecule has 0 saturated carbocycles. The second-order valence-electron chi connectivity index (χ2n) is 8.43. The SMILES string of the molecule is C=CC(Nc1cc(OCc2ccccc2)c2ncc(C(=O)OC)cc2c1)C(=O)OC(C)(C)C. The molecule has 1 unspecified atom stereocenters. The monoisotopic (exact) mass is 448 g/mol. The molecule has 0 radical (unpaired) electrons.